The standard InChI is InChI=1S/C2H4O2.Cu.3FH/c1-2(3)4;;;;/h1H3,(H,3,4);;3*1H/p-3. The van der Waals surface area contributed by atoms with Crippen LogP contribution in [0.3, 0.4) is 0 Å². The van der Waals surface area contributed by atoms with Gasteiger partial charge in [-0.1, -0.05) is 0 Å². The molecule has 0 spiro atoms. The van der Waals surface area contributed by atoms with Gasteiger partial charge in [0, 0.05) is 24.0 Å². The molecule has 59 valence electrons. The second-order valence-corrected chi connectivity index (χ2v) is 0.519. The van der Waals surface area contributed by atoms with E-state index in [0.29, 0.717) is 0 Å². The zero-order chi connectivity index (χ0) is 3.58. The Balaban J connectivity index is -0.00000000750. The molecule has 0 aromatic heterocycles. The number of carboxylic acids is 1. The van der Waals surface area contributed by atoms with Gasteiger partial charge in [-0.05, 0) is 0 Å². The van der Waals surface area contributed by atoms with Gasteiger partial charge in [0.15, 0.2) is 0 Å². The van der Waals surface area contributed by atoms with Crippen LogP contribution in [0, 0.1) is 0 Å². The molecule has 6 heteroatoms. The Morgan fingerprint density at radius 3 is 1.25 bits per heavy atom. The minimum Gasteiger partial charge on any atom is -1.00 e. The van der Waals surface area contributed by atoms with Crippen LogP contribution in [0.25, 0.3) is 0 Å². The molecular weight excluding hydrogens is 177 g/mol. The van der Waals surface area contributed by atoms with Crippen LogP contribution < -0.4 is 14.1 Å². The summed E-state index contributed by atoms with van der Waals surface area (Å²) in [6, 6.07) is 0. The average Bonchev–Trinajstić information content (AvgIpc) is 0.811. The van der Waals surface area contributed by atoms with E-state index in [1.165, 1.54) is 0 Å². The zero-order valence-corrected chi connectivity index (χ0v) is 4.73. The van der Waals surface area contributed by atoms with Crippen molar-refractivity contribution in [3.05, 3.63) is 0 Å². The summed E-state index contributed by atoms with van der Waals surface area (Å²) in [5, 5.41) is 7.42. The van der Waals surface area contributed by atoms with Crippen molar-refractivity contribution in [2.75, 3.05) is 0 Å². The first kappa shape index (κ1) is 46.3. The van der Waals surface area contributed by atoms with Crippen LogP contribution in [-0.4, -0.2) is 11.1 Å². The Hall–Kier alpha value is -0.221. The van der Waals surface area contributed by atoms with Gasteiger partial charge in [0.25, 0.3) is 5.97 Å². The van der Waals surface area contributed by atoms with Crippen molar-refractivity contribution in [1.29, 1.82) is 0 Å². The Morgan fingerprint density at radius 2 is 1.25 bits per heavy atom. The first-order chi connectivity index (χ1) is 1.73. The number of hydrogen-bond donors (Lipinski definition) is 1. The van der Waals surface area contributed by atoms with Crippen molar-refractivity contribution in [2.24, 2.45) is 0 Å². The molecule has 2 nitrogen and oxygen atoms in total. The van der Waals surface area contributed by atoms with Gasteiger partial charge in [-0.25, -0.2) is 0 Å². The van der Waals surface area contributed by atoms with Crippen molar-refractivity contribution in [3.63, 3.8) is 0 Å². The van der Waals surface area contributed by atoms with Crippen LogP contribution in [0.2, 0.25) is 0 Å². The van der Waals surface area contributed by atoms with Crippen LogP contribution >= 0.6 is 0 Å². The number of halogens is 3. The Bertz CT molecular complexity index is 38.3. The summed E-state index contributed by atoms with van der Waals surface area (Å²) < 4.78 is 0. The molecule has 0 atom stereocenters. The summed E-state index contributed by atoms with van der Waals surface area (Å²) in [4.78, 5) is 9.00. The molecule has 0 unspecified atom stereocenters. The van der Waals surface area contributed by atoms with Gasteiger partial charge in [0.05, 0.1) is 0 Å². The Morgan fingerprint density at radius 1 is 1.25 bits per heavy atom. The van der Waals surface area contributed by atoms with Crippen molar-refractivity contribution >= 4 is 5.97 Å². The average molecular weight is 181 g/mol. The zero-order valence-electron chi connectivity index (χ0n) is 3.79. The first-order valence-electron chi connectivity index (χ1n) is 0.928. The number of carbonyl (C=O) groups is 1. The Labute approximate surface area is 54.8 Å². The molecule has 0 aromatic rings. The molecule has 8 heavy (non-hydrogen) atoms. The maximum Gasteiger partial charge on any atom is 0.300 e. The van der Waals surface area contributed by atoms with Crippen LogP contribution in [0.5, 0.6) is 0 Å². The fourth-order valence-electron chi connectivity index (χ4n) is 0. The number of aliphatic carboxylic acids is 1. The molecule has 0 aromatic carbocycles. The molecule has 0 rings (SSSR count). The van der Waals surface area contributed by atoms with E-state index in [-0.39, 0.29) is 31.2 Å². The van der Waals surface area contributed by atoms with Crippen LogP contribution in [0.15, 0.2) is 0 Å². The van der Waals surface area contributed by atoms with E-state index in [0.717, 1.165) is 6.92 Å². The van der Waals surface area contributed by atoms with Crippen LogP contribution in [0.1, 0.15) is 6.92 Å². The predicted octanol–water partition coefficient (Wildman–Crippen LogP) is -8.90. The first-order valence-corrected chi connectivity index (χ1v) is 0.928. The summed E-state index contributed by atoms with van der Waals surface area (Å²) in [7, 11) is 0. The third-order valence-electron chi connectivity index (χ3n) is 0. The molecule has 0 bridgehead atoms. The van der Waals surface area contributed by atoms with E-state index in [1.54, 1.807) is 0 Å². The molecule has 0 saturated carbocycles. The number of hydrogen-bond acceptors (Lipinski definition) is 1. The van der Waals surface area contributed by atoms with Crippen molar-refractivity contribution in [3.8, 4) is 0 Å². The number of rotatable bonds is 0. The van der Waals surface area contributed by atoms with E-state index < -0.39 is 5.97 Å². The second-order valence-electron chi connectivity index (χ2n) is 0.519. The molecular formula is C2H4CuF3O2-3. The van der Waals surface area contributed by atoms with E-state index in [9.17, 15) is 0 Å². The van der Waals surface area contributed by atoms with Gasteiger partial charge in [-0.15, -0.1) is 0 Å². The van der Waals surface area contributed by atoms with Crippen molar-refractivity contribution < 1.29 is 41.1 Å². The second kappa shape index (κ2) is 29.3. The number of carboxylic acid groups (broad SMARTS) is 1. The molecule has 1 radical (unpaired) electrons. The van der Waals surface area contributed by atoms with Gasteiger partial charge < -0.3 is 19.2 Å². The molecule has 0 amide bonds. The van der Waals surface area contributed by atoms with Gasteiger partial charge in [-0.2, -0.15) is 0 Å². The monoisotopic (exact) mass is 180 g/mol. The summed E-state index contributed by atoms with van der Waals surface area (Å²) in [5.41, 5.74) is 0. The van der Waals surface area contributed by atoms with E-state index in [4.69, 9.17) is 9.90 Å². The van der Waals surface area contributed by atoms with Gasteiger partial charge in [-0.3, -0.25) is 4.79 Å². The molecule has 0 saturated heterocycles. The molecule has 0 aliphatic rings. The molecule has 0 aliphatic carbocycles. The minimum atomic E-state index is -0.833. The summed E-state index contributed by atoms with van der Waals surface area (Å²) >= 11 is 0. The summed E-state index contributed by atoms with van der Waals surface area (Å²) in [5.74, 6) is -0.833. The normalized spacial score (nSPS) is 3.12. The Kier molecular flexibility index (Phi) is 170. The third kappa shape index (κ3) is 2710. The fourth-order valence-corrected chi connectivity index (χ4v) is 0. The summed E-state index contributed by atoms with van der Waals surface area (Å²) in [6.07, 6.45) is 0. The fraction of sp³-hybridized carbons (Fsp3) is 0.500. The van der Waals surface area contributed by atoms with Crippen LogP contribution in [-0.2, 0) is 21.9 Å². The van der Waals surface area contributed by atoms with E-state index in [1.807, 2.05) is 0 Å². The molecule has 1 N–H and O–H groups in total. The smallest absolute Gasteiger partial charge is 0.300 e. The van der Waals surface area contributed by atoms with Gasteiger partial charge in [0.2, 0.25) is 0 Å². The van der Waals surface area contributed by atoms with Crippen molar-refractivity contribution in [1.82, 2.24) is 0 Å². The maximum atomic E-state index is 9.00. The largest absolute Gasteiger partial charge is 1.00 e. The molecule has 0 aliphatic heterocycles. The SMILES string of the molecule is CC(=O)O.[Cu].[F-].[F-].[F-]. The minimum absolute atomic E-state index is 0. The third-order valence-corrected chi connectivity index (χ3v) is 0. The summed E-state index contributed by atoms with van der Waals surface area (Å²) in [6.45, 7) is 1.08. The predicted molar refractivity (Wildman–Crippen MR) is 13.3 cm³/mol. The molecule has 0 heterocycles. The van der Waals surface area contributed by atoms with Crippen molar-refractivity contribution in [2.45, 2.75) is 6.92 Å². The van der Waals surface area contributed by atoms with E-state index in [2.05, 4.69) is 0 Å². The quantitative estimate of drug-likeness (QED) is 0.376. The van der Waals surface area contributed by atoms with Gasteiger partial charge >= 0.3 is 0 Å². The topological polar surface area (TPSA) is 37.3 Å². The van der Waals surface area contributed by atoms with Crippen LogP contribution in [0.4, 0.5) is 0 Å². The molecule has 0 fully saturated rings. The van der Waals surface area contributed by atoms with Gasteiger partial charge in [0.1, 0.15) is 0 Å². The maximum absolute atomic E-state index is 9.00. The van der Waals surface area contributed by atoms with E-state index >= 15 is 0 Å².